The molecule has 1 aliphatic heterocycles. The second-order valence-electron chi connectivity index (χ2n) is 10.3. The summed E-state index contributed by atoms with van der Waals surface area (Å²) in [4.78, 5) is 52.7. The van der Waals surface area contributed by atoms with E-state index in [9.17, 15) is 24.3 Å². The average Bonchev–Trinajstić information content (AvgIpc) is 3.35. The smallest absolute Gasteiger partial charge is 0.342 e. The number of aliphatic carboxylic acids is 1. The van der Waals surface area contributed by atoms with Gasteiger partial charge in [0, 0.05) is 24.2 Å². The number of hydrogen-bond acceptors (Lipinski definition) is 5. The highest BCUT2D eigenvalue weighted by molar-refractivity contribution is 6.08. The zero-order valence-electron chi connectivity index (χ0n) is 22.3. The van der Waals surface area contributed by atoms with E-state index in [4.69, 9.17) is 4.74 Å². The molecule has 1 heterocycles. The van der Waals surface area contributed by atoms with Gasteiger partial charge in [0.1, 0.15) is 0 Å². The van der Waals surface area contributed by atoms with E-state index in [0.717, 1.165) is 24.0 Å². The third-order valence-electron chi connectivity index (χ3n) is 7.20. The van der Waals surface area contributed by atoms with Gasteiger partial charge in [-0.15, -0.1) is 0 Å². The molecule has 7 heteroatoms. The number of carbonyl (C=O) groups excluding carboxylic acids is 3. The summed E-state index contributed by atoms with van der Waals surface area (Å²) >= 11 is 0. The van der Waals surface area contributed by atoms with Gasteiger partial charge in [0.05, 0.1) is 12.8 Å². The molecule has 0 saturated carbocycles. The van der Waals surface area contributed by atoms with Gasteiger partial charge in [0.2, 0.25) is 5.91 Å². The quantitative estimate of drug-likeness (QED) is 0.221. The van der Waals surface area contributed by atoms with Crippen molar-refractivity contribution in [1.82, 2.24) is 4.90 Å². The van der Waals surface area contributed by atoms with E-state index in [1.165, 1.54) is 6.08 Å². The molecule has 0 radical (unpaired) electrons. The Morgan fingerprint density at radius 1 is 0.769 bits per heavy atom. The van der Waals surface area contributed by atoms with Crippen molar-refractivity contribution >= 4 is 36.0 Å². The van der Waals surface area contributed by atoms with Gasteiger partial charge in [-0.2, -0.15) is 0 Å². The van der Waals surface area contributed by atoms with E-state index in [2.05, 4.69) is 12.2 Å². The third kappa shape index (κ3) is 7.63. The van der Waals surface area contributed by atoms with E-state index in [0.29, 0.717) is 36.1 Å². The van der Waals surface area contributed by atoms with Crippen molar-refractivity contribution in [3.05, 3.63) is 94.1 Å². The van der Waals surface area contributed by atoms with Crippen LogP contribution >= 0.6 is 0 Å². The molecule has 0 spiro atoms. The molecule has 1 aliphatic carbocycles. The lowest BCUT2D eigenvalue weighted by atomic mass is 9.86. The number of nitrogens with zero attached hydrogens (tertiary/aromatic N) is 1. The fraction of sp³-hybridized carbons (Fsp3) is 0.312. The molecule has 0 aromatic heterocycles. The molecule has 0 bridgehead atoms. The largest absolute Gasteiger partial charge is 0.481 e. The van der Waals surface area contributed by atoms with Crippen molar-refractivity contribution in [3.63, 3.8) is 0 Å². The predicted octanol–water partition coefficient (Wildman–Crippen LogP) is 5.13. The van der Waals surface area contributed by atoms with E-state index < -0.39 is 24.3 Å². The van der Waals surface area contributed by atoms with Crippen molar-refractivity contribution in [2.24, 2.45) is 11.8 Å². The van der Waals surface area contributed by atoms with Crippen molar-refractivity contribution in [2.75, 3.05) is 13.1 Å². The maximum absolute atomic E-state index is 13.3. The SMILES string of the molecule is Cc1ccc(/C=C(\CC(=O)O)C(=O)OC(=O)/C(=C/c2ccc(C)cc2)CC(=O)N2C[C@H]3CC=CC[C@H]3C2)cc1. The summed E-state index contributed by atoms with van der Waals surface area (Å²) in [7, 11) is 0. The molecule has 7 nitrogen and oxygen atoms in total. The van der Waals surface area contributed by atoms with Crippen molar-refractivity contribution in [3.8, 4) is 0 Å². The van der Waals surface area contributed by atoms with Crippen molar-refractivity contribution in [1.29, 1.82) is 0 Å². The normalized spacial score (nSPS) is 19.0. The van der Waals surface area contributed by atoms with Gasteiger partial charge in [-0.05, 0) is 61.8 Å². The standard InChI is InChI=1S/C32H33NO6/c1-21-7-11-23(12-8-21)15-27(17-29(34)33-19-25-5-3-4-6-26(25)20-33)31(37)39-32(38)28(18-30(35)36)16-24-13-9-22(2)10-14-24/h3-4,7-16,25-26H,5-6,17-20H2,1-2H3,(H,35,36)/b27-15+,28-16+/t25-,26+. The molecule has 4 rings (SSSR count). The predicted molar refractivity (Wildman–Crippen MR) is 148 cm³/mol. The zero-order valence-corrected chi connectivity index (χ0v) is 22.3. The number of carbonyl (C=O) groups is 4. The summed E-state index contributed by atoms with van der Waals surface area (Å²) < 4.78 is 5.17. The highest BCUT2D eigenvalue weighted by Crippen LogP contribution is 2.33. The number of likely N-dealkylation sites (tertiary alicyclic amines) is 1. The molecule has 1 fully saturated rings. The molecule has 202 valence electrons. The molecule has 2 aromatic carbocycles. The Bertz CT molecular complexity index is 1320. The minimum Gasteiger partial charge on any atom is -0.481 e. The monoisotopic (exact) mass is 527 g/mol. The molecule has 39 heavy (non-hydrogen) atoms. The Kier molecular flexibility index (Phi) is 8.92. The molecule has 1 saturated heterocycles. The van der Waals surface area contributed by atoms with Gasteiger partial charge >= 0.3 is 17.9 Å². The Labute approximate surface area is 228 Å². The van der Waals surface area contributed by atoms with Gasteiger partial charge < -0.3 is 14.7 Å². The summed E-state index contributed by atoms with van der Waals surface area (Å²) in [6.45, 7) is 5.13. The van der Waals surface area contributed by atoms with Gasteiger partial charge in [-0.25, -0.2) is 9.59 Å². The lowest BCUT2D eigenvalue weighted by Crippen LogP contribution is -2.30. The van der Waals surface area contributed by atoms with Crippen LogP contribution in [0, 0.1) is 25.7 Å². The third-order valence-corrected chi connectivity index (χ3v) is 7.20. The zero-order chi connectivity index (χ0) is 27.9. The van der Waals surface area contributed by atoms with Gasteiger partial charge in [0.15, 0.2) is 0 Å². The second-order valence-corrected chi connectivity index (χ2v) is 10.3. The summed E-state index contributed by atoms with van der Waals surface area (Å²) in [5.41, 5.74) is 3.21. The topological polar surface area (TPSA) is 101 Å². The van der Waals surface area contributed by atoms with E-state index in [-0.39, 0.29) is 23.5 Å². The maximum atomic E-state index is 13.3. The van der Waals surface area contributed by atoms with Crippen LogP contribution in [0.3, 0.4) is 0 Å². The second kappa shape index (κ2) is 12.5. The molecular weight excluding hydrogens is 494 g/mol. The summed E-state index contributed by atoms with van der Waals surface area (Å²) in [5.74, 6) is -2.61. The number of hydrogen-bond donors (Lipinski definition) is 1. The maximum Gasteiger partial charge on any atom is 0.342 e. The number of fused-ring (bicyclic) bond motifs is 1. The molecule has 1 N–H and O–H groups in total. The number of aryl methyl sites for hydroxylation is 2. The molecular formula is C32H33NO6. The number of amides is 1. The minimum absolute atomic E-state index is 0.0372. The lowest BCUT2D eigenvalue weighted by Gasteiger charge is -2.17. The first-order valence-electron chi connectivity index (χ1n) is 13.1. The molecule has 1 amide bonds. The van der Waals surface area contributed by atoms with Crippen LogP contribution in [0.4, 0.5) is 0 Å². The fourth-order valence-electron chi connectivity index (χ4n) is 4.96. The number of carboxylic acid groups (broad SMARTS) is 1. The van der Waals surface area contributed by atoms with Crippen LogP contribution in [0.5, 0.6) is 0 Å². The van der Waals surface area contributed by atoms with Crippen molar-refractivity contribution < 1.29 is 29.0 Å². The highest BCUT2D eigenvalue weighted by atomic mass is 16.6. The molecule has 2 aromatic rings. The van der Waals surface area contributed by atoms with Gasteiger partial charge in [-0.1, -0.05) is 71.8 Å². The number of carboxylic acids is 1. The van der Waals surface area contributed by atoms with E-state index in [1.807, 2.05) is 50.2 Å². The number of benzene rings is 2. The van der Waals surface area contributed by atoms with Crippen LogP contribution in [0.15, 0.2) is 71.8 Å². The van der Waals surface area contributed by atoms with E-state index >= 15 is 0 Å². The van der Waals surface area contributed by atoms with Crippen LogP contribution < -0.4 is 0 Å². The number of allylic oxidation sites excluding steroid dienone is 2. The molecule has 0 unspecified atom stereocenters. The Morgan fingerprint density at radius 3 is 1.64 bits per heavy atom. The minimum atomic E-state index is -1.23. The summed E-state index contributed by atoms with van der Waals surface area (Å²) in [5, 5.41) is 9.34. The molecule has 2 aliphatic rings. The average molecular weight is 528 g/mol. The van der Waals surface area contributed by atoms with Crippen LogP contribution in [-0.2, 0) is 23.9 Å². The summed E-state index contributed by atoms with van der Waals surface area (Å²) in [6.07, 6.45) is 8.31. The molecule has 2 atom stereocenters. The summed E-state index contributed by atoms with van der Waals surface area (Å²) in [6, 6.07) is 14.6. The highest BCUT2D eigenvalue weighted by Gasteiger charge is 2.35. The van der Waals surface area contributed by atoms with Crippen LogP contribution in [0.2, 0.25) is 0 Å². The number of ether oxygens (including phenoxy) is 1. The number of rotatable bonds is 8. The van der Waals surface area contributed by atoms with E-state index in [1.54, 1.807) is 23.1 Å². The first-order valence-corrected chi connectivity index (χ1v) is 13.1. The lowest BCUT2D eigenvalue weighted by molar-refractivity contribution is -0.155. The fourth-order valence-corrected chi connectivity index (χ4v) is 4.96. The Hall–Kier alpha value is -4.26. The Morgan fingerprint density at radius 2 is 1.21 bits per heavy atom. The first kappa shape index (κ1) is 27.8. The van der Waals surface area contributed by atoms with Crippen LogP contribution in [0.25, 0.3) is 12.2 Å². The first-order chi connectivity index (χ1) is 18.7. The van der Waals surface area contributed by atoms with Crippen molar-refractivity contribution in [2.45, 2.75) is 39.5 Å². The van der Waals surface area contributed by atoms with Crippen LogP contribution in [-0.4, -0.2) is 46.9 Å². The van der Waals surface area contributed by atoms with Gasteiger partial charge in [-0.3, -0.25) is 9.59 Å². The van der Waals surface area contributed by atoms with Crippen LogP contribution in [0.1, 0.15) is 47.9 Å². The Balaban J connectivity index is 1.54. The number of esters is 2. The van der Waals surface area contributed by atoms with Gasteiger partial charge in [0.25, 0.3) is 0 Å².